The number of likely N-dealkylation sites (tertiary alicyclic amines) is 1. The summed E-state index contributed by atoms with van der Waals surface area (Å²) in [6.07, 6.45) is 1.65. The maximum absolute atomic E-state index is 11.7. The zero-order valence-corrected chi connectivity index (χ0v) is 8.69. The van der Waals surface area contributed by atoms with Gasteiger partial charge in [-0.05, 0) is 19.8 Å². The molecule has 2 atom stereocenters. The van der Waals surface area contributed by atoms with Crippen molar-refractivity contribution < 1.29 is 14.7 Å². The zero-order chi connectivity index (χ0) is 10.7. The molecule has 1 aliphatic heterocycles. The van der Waals surface area contributed by atoms with E-state index in [1.807, 2.05) is 0 Å². The SMILES string of the molecule is CC(=O)[C@@H]1CCCN1C(=O)[C@@H](C)CO. The smallest absolute Gasteiger partial charge is 0.228 e. The van der Waals surface area contributed by atoms with Gasteiger partial charge in [-0.25, -0.2) is 0 Å². The largest absolute Gasteiger partial charge is 0.396 e. The maximum Gasteiger partial charge on any atom is 0.228 e. The number of aliphatic hydroxyl groups is 1. The number of ketones is 1. The monoisotopic (exact) mass is 199 g/mol. The van der Waals surface area contributed by atoms with Crippen LogP contribution >= 0.6 is 0 Å². The highest BCUT2D eigenvalue weighted by molar-refractivity contribution is 5.88. The van der Waals surface area contributed by atoms with Gasteiger partial charge in [-0.2, -0.15) is 0 Å². The van der Waals surface area contributed by atoms with Gasteiger partial charge in [-0.3, -0.25) is 9.59 Å². The van der Waals surface area contributed by atoms with Crippen molar-refractivity contribution in [3.05, 3.63) is 0 Å². The van der Waals surface area contributed by atoms with Gasteiger partial charge in [-0.15, -0.1) is 0 Å². The first-order chi connectivity index (χ1) is 6.57. The average Bonchev–Trinajstić information content (AvgIpc) is 2.63. The number of Topliss-reactive ketones (excluding diaryl/α,β-unsaturated/α-hetero) is 1. The molecule has 1 amide bonds. The Labute approximate surface area is 83.9 Å². The van der Waals surface area contributed by atoms with Gasteiger partial charge in [0, 0.05) is 6.54 Å². The van der Waals surface area contributed by atoms with Gasteiger partial charge in [0.15, 0.2) is 5.78 Å². The minimum absolute atomic E-state index is 0.0426. The fourth-order valence-corrected chi connectivity index (χ4v) is 1.81. The van der Waals surface area contributed by atoms with E-state index in [1.165, 1.54) is 6.92 Å². The quantitative estimate of drug-likeness (QED) is 0.706. The van der Waals surface area contributed by atoms with E-state index in [0.717, 1.165) is 12.8 Å². The fourth-order valence-electron chi connectivity index (χ4n) is 1.81. The summed E-state index contributed by atoms with van der Waals surface area (Å²) >= 11 is 0. The second-order valence-electron chi connectivity index (χ2n) is 3.88. The first kappa shape index (κ1) is 11.2. The average molecular weight is 199 g/mol. The van der Waals surface area contributed by atoms with Crippen molar-refractivity contribution >= 4 is 11.7 Å². The summed E-state index contributed by atoms with van der Waals surface area (Å²) in [6, 6.07) is -0.253. The summed E-state index contributed by atoms with van der Waals surface area (Å²) in [5.41, 5.74) is 0. The van der Waals surface area contributed by atoms with Crippen molar-refractivity contribution in [2.24, 2.45) is 5.92 Å². The second kappa shape index (κ2) is 4.55. The predicted molar refractivity (Wildman–Crippen MR) is 51.7 cm³/mol. The van der Waals surface area contributed by atoms with Crippen LogP contribution in [0.2, 0.25) is 0 Å². The van der Waals surface area contributed by atoms with Crippen LogP contribution in [0.1, 0.15) is 26.7 Å². The summed E-state index contributed by atoms with van der Waals surface area (Å²) in [5, 5.41) is 8.86. The van der Waals surface area contributed by atoms with E-state index in [9.17, 15) is 9.59 Å². The molecular formula is C10H17NO3. The lowest BCUT2D eigenvalue weighted by atomic mass is 10.1. The van der Waals surface area contributed by atoms with Crippen molar-refractivity contribution in [1.29, 1.82) is 0 Å². The Bertz CT molecular complexity index is 240. The molecule has 0 aromatic heterocycles. The number of hydrogen-bond acceptors (Lipinski definition) is 3. The van der Waals surface area contributed by atoms with Crippen LogP contribution in [0.4, 0.5) is 0 Å². The van der Waals surface area contributed by atoms with E-state index in [1.54, 1.807) is 11.8 Å². The molecule has 0 aromatic rings. The van der Waals surface area contributed by atoms with E-state index in [0.29, 0.717) is 6.54 Å². The van der Waals surface area contributed by atoms with E-state index >= 15 is 0 Å². The summed E-state index contributed by atoms with van der Waals surface area (Å²) in [7, 11) is 0. The van der Waals surface area contributed by atoms with Gasteiger partial charge in [0.2, 0.25) is 5.91 Å². The molecule has 0 bridgehead atoms. The van der Waals surface area contributed by atoms with Gasteiger partial charge in [0.25, 0.3) is 0 Å². The molecule has 1 rings (SSSR count). The normalized spacial score (nSPS) is 23.6. The lowest BCUT2D eigenvalue weighted by Crippen LogP contribution is -2.42. The molecule has 1 fully saturated rings. The predicted octanol–water partition coefficient (Wildman–Crippen LogP) is 0.195. The Morgan fingerprint density at radius 3 is 2.71 bits per heavy atom. The molecule has 1 N–H and O–H groups in total. The van der Waals surface area contributed by atoms with Crippen LogP contribution in [0.15, 0.2) is 0 Å². The van der Waals surface area contributed by atoms with Crippen LogP contribution in [-0.2, 0) is 9.59 Å². The fraction of sp³-hybridized carbons (Fsp3) is 0.800. The van der Waals surface area contributed by atoms with Crippen LogP contribution in [-0.4, -0.2) is 40.9 Å². The van der Waals surface area contributed by atoms with E-state index < -0.39 is 5.92 Å². The van der Waals surface area contributed by atoms with Crippen LogP contribution in [0.25, 0.3) is 0 Å². The number of carbonyl (C=O) groups excluding carboxylic acids is 2. The third-order valence-electron chi connectivity index (χ3n) is 2.70. The molecule has 1 saturated heterocycles. The molecule has 0 aliphatic carbocycles. The van der Waals surface area contributed by atoms with Crippen LogP contribution in [0.3, 0.4) is 0 Å². The van der Waals surface area contributed by atoms with E-state index in [-0.39, 0.29) is 24.3 Å². The Balaban J connectivity index is 2.67. The lowest BCUT2D eigenvalue weighted by molar-refractivity contribution is -0.140. The summed E-state index contributed by atoms with van der Waals surface area (Å²) in [6.45, 7) is 3.69. The summed E-state index contributed by atoms with van der Waals surface area (Å²) in [5.74, 6) is -0.457. The molecule has 14 heavy (non-hydrogen) atoms. The second-order valence-corrected chi connectivity index (χ2v) is 3.88. The number of hydrogen-bond donors (Lipinski definition) is 1. The van der Waals surface area contributed by atoms with Crippen molar-refractivity contribution in [3.63, 3.8) is 0 Å². The molecule has 0 spiro atoms. The summed E-state index contributed by atoms with van der Waals surface area (Å²) < 4.78 is 0. The molecule has 0 unspecified atom stereocenters. The van der Waals surface area contributed by atoms with Crippen LogP contribution in [0.5, 0.6) is 0 Å². The molecule has 80 valence electrons. The van der Waals surface area contributed by atoms with Gasteiger partial charge < -0.3 is 10.0 Å². The molecule has 4 heteroatoms. The molecular weight excluding hydrogens is 182 g/mol. The van der Waals surface area contributed by atoms with Crippen molar-refractivity contribution in [2.45, 2.75) is 32.7 Å². The number of aliphatic hydroxyl groups excluding tert-OH is 1. The van der Waals surface area contributed by atoms with Crippen molar-refractivity contribution in [3.8, 4) is 0 Å². The van der Waals surface area contributed by atoms with E-state index in [2.05, 4.69) is 0 Å². The third-order valence-corrected chi connectivity index (χ3v) is 2.70. The molecule has 0 saturated carbocycles. The highest BCUT2D eigenvalue weighted by atomic mass is 16.3. The van der Waals surface area contributed by atoms with Gasteiger partial charge >= 0.3 is 0 Å². The molecule has 1 aliphatic rings. The van der Waals surface area contributed by atoms with Gasteiger partial charge in [-0.1, -0.05) is 6.92 Å². The highest BCUT2D eigenvalue weighted by Gasteiger charge is 2.33. The number of amides is 1. The minimum Gasteiger partial charge on any atom is -0.396 e. The Morgan fingerprint density at radius 1 is 1.57 bits per heavy atom. The first-order valence-corrected chi connectivity index (χ1v) is 4.99. The minimum atomic E-state index is -0.394. The van der Waals surface area contributed by atoms with Gasteiger partial charge in [0.1, 0.15) is 0 Å². The third kappa shape index (κ3) is 2.12. The number of rotatable bonds is 3. The topological polar surface area (TPSA) is 57.6 Å². The standard InChI is InChI=1S/C10H17NO3/c1-7(6-12)10(14)11-5-3-4-9(11)8(2)13/h7,9,12H,3-6H2,1-2H3/t7-,9-/m0/s1. The Hall–Kier alpha value is -0.900. The number of carbonyl (C=O) groups is 2. The van der Waals surface area contributed by atoms with Crippen LogP contribution in [0, 0.1) is 5.92 Å². The van der Waals surface area contributed by atoms with Gasteiger partial charge in [0.05, 0.1) is 18.6 Å². The molecule has 1 heterocycles. The highest BCUT2D eigenvalue weighted by Crippen LogP contribution is 2.20. The lowest BCUT2D eigenvalue weighted by Gasteiger charge is -2.25. The van der Waals surface area contributed by atoms with Crippen LogP contribution < -0.4 is 0 Å². The van der Waals surface area contributed by atoms with Crippen molar-refractivity contribution in [2.75, 3.05) is 13.2 Å². The molecule has 4 nitrogen and oxygen atoms in total. The first-order valence-electron chi connectivity index (χ1n) is 4.99. The maximum atomic E-state index is 11.7. The zero-order valence-electron chi connectivity index (χ0n) is 8.69. The Kier molecular flexibility index (Phi) is 3.63. The number of nitrogens with zero attached hydrogens (tertiary/aromatic N) is 1. The molecule has 0 radical (unpaired) electrons. The van der Waals surface area contributed by atoms with E-state index in [4.69, 9.17) is 5.11 Å². The summed E-state index contributed by atoms with van der Waals surface area (Å²) in [4.78, 5) is 24.5. The van der Waals surface area contributed by atoms with Crippen molar-refractivity contribution in [1.82, 2.24) is 4.90 Å². The molecule has 0 aromatic carbocycles. The Morgan fingerprint density at radius 2 is 2.21 bits per heavy atom.